The van der Waals surface area contributed by atoms with Gasteiger partial charge < -0.3 is 39.9 Å². The van der Waals surface area contributed by atoms with E-state index in [1.165, 1.54) is 25.7 Å². The van der Waals surface area contributed by atoms with Gasteiger partial charge in [-0.25, -0.2) is 4.57 Å². The highest BCUT2D eigenvalue weighted by Gasteiger charge is 2.51. The lowest BCUT2D eigenvalue weighted by Crippen LogP contribution is -2.64. The summed E-state index contributed by atoms with van der Waals surface area (Å²) in [6.07, 6.45) is 24.1. The minimum Gasteiger partial charge on any atom is -0.462 e. The number of carbonyl (C=O) groups is 3. The molecule has 344 valence electrons. The third-order valence-electron chi connectivity index (χ3n) is 9.81. The number of ether oxygens (including phenoxy) is 2. The Balaban J connectivity index is 2.55. The lowest BCUT2D eigenvalue weighted by atomic mass is 9.85. The number of rotatable bonds is 35. The van der Waals surface area contributed by atoms with Gasteiger partial charge in [0.15, 0.2) is 11.9 Å². The maximum absolute atomic E-state index is 12.8. The van der Waals surface area contributed by atoms with Crippen molar-refractivity contribution < 1.29 is 67.9 Å². The summed E-state index contributed by atoms with van der Waals surface area (Å²) >= 11 is 0. The minimum atomic E-state index is -5.14. The van der Waals surface area contributed by atoms with E-state index in [4.69, 9.17) is 18.5 Å². The van der Waals surface area contributed by atoms with E-state index in [9.17, 15) is 49.4 Å². The lowest BCUT2D eigenvalue weighted by Gasteiger charge is -2.41. The number of allylic oxidation sites excluding steroid dienone is 10. The minimum absolute atomic E-state index is 0.0605. The van der Waals surface area contributed by atoms with Crippen LogP contribution in [0.15, 0.2) is 60.8 Å². The van der Waals surface area contributed by atoms with Crippen molar-refractivity contribution in [2.24, 2.45) is 0 Å². The van der Waals surface area contributed by atoms with Gasteiger partial charge in [0.25, 0.3) is 0 Å². The molecule has 0 aliphatic heterocycles. The van der Waals surface area contributed by atoms with Crippen molar-refractivity contribution >= 4 is 25.5 Å². The van der Waals surface area contributed by atoms with Crippen LogP contribution in [0.3, 0.4) is 0 Å². The zero-order chi connectivity index (χ0) is 44.4. The second-order valence-corrected chi connectivity index (χ2v) is 16.6. The molecule has 3 unspecified atom stereocenters. The second kappa shape index (κ2) is 34.8. The third-order valence-corrected chi connectivity index (χ3v) is 10.8. The number of phosphoric acid groups is 1. The van der Waals surface area contributed by atoms with Crippen LogP contribution in [0.4, 0.5) is 0 Å². The molecule has 0 heterocycles. The largest absolute Gasteiger partial charge is 0.472 e. The molecule has 0 radical (unpaired) electrons. The average Bonchev–Trinajstić information content (AvgIpc) is 3.22. The molecule has 1 fully saturated rings. The molecule has 0 bridgehead atoms. The van der Waals surface area contributed by atoms with Crippen LogP contribution in [0.5, 0.6) is 0 Å². The Morgan fingerprint density at radius 3 is 1.73 bits per heavy atom. The van der Waals surface area contributed by atoms with Crippen molar-refractivity contribution in [3.63, 3.8) is 0 Å². The Bertz CT molecular complexity index is 1340. The van der Waals surface area contributed by atoms with Gasteiger partial charge in [-0.2, -0.15) is 0 Å². The summed E-state index contributed by atoms with van der Waals surface area (Å²) in [5.74, 6) is -1.07. The van der Waals surface area contributed by atoms with E-state index in [0.717, 1.165) is 64.2 Å². The highest BCUT2D eigenvalue weighted by molar-refractivity contribution is 7.47. The summed E-state index contributed by atoms with van der Waals surface area (Å²) in [4.78, 5) is 47.3. The van der Waals surface area contributed by atoms with Crippen molar-refractivity contribution in [2.75, 3.05) is 13.2 Å². The molecule has 8 atom stereocenters. The number of hydrogen-bond donors (Lipinski definition) is 6. The van der Waals surface area contributed by atoms with E-state index in [1.54, 1.807) is 12.2 Å². The van der Waals surface area contributed by atoms with Crippen LogP contribution in [-0.4, -0.2) is 104 Å². The molecule has 1 rings (SSSR count). The molecule has 0 aromatic heterocycles. The Morgan fingerprint density at radius 2 is 1.07 bits per heavy atom. The number of aliphatic hydroxyl groups excluding tert-OH is 5. The standard InChI is InChI=1S/C45H75O14P/c1-3-5-7-8-9-10-11-12-15-19-22-25-29-33-39(48)58-37(35-57-60(54,55)59-45-43(52)41(50)40(49)42(51)44(45)53)34-56-38(47)32-28-24-21-18-16-13-14-17-20-23-27-31-36(46)30-26-6-4-2/h10-11,13-14,18,20-21,23,27,31,37,40-45,49-53H,3-9,12,15-17,19,22,24-26,28-30,32-35H2,1-2H3,(H,54,55)/b11-10-,14-13-,21-18-,23-20-,31-27+/t37-,40?,41-,42+,43-,44-,45?/m1/s1. The Labute approximate surface area is 358 Å². The molecule has 15 heteroatoms. The average molecular weight is 871 g/mol. The molecule has 6 N–H and O–H groups in total. The van der Waals surface area contributed by atoms with Crippen molar-refractivity contribution in [3.05, 3.63) is 60.8 Å². The van der Waals surface area contributed by atoms with Crippen LogP contribution >= 0.6 is 7.82 Å². The Hall–Kier alpha value is -2.78. The van der Waals surface area contributed by atoms with Crippen LogP contribution in [0.2, 0.25) is 0 Å². The van der Waals surface area contributed by atoms with Gasteiger partial charge in [-0.05, 0) is 70.3 Å². The first-order valence-corrected chi connectivity index (χ1v) is 23.5. The van der Waals surface area contributed by atoms with Crippen LogP contribution in [0.25, 0.3) is 0 Å². The normalized spacial score (nSPS) is 22.7. The molecule has 0 aromatic rings. The highest BCUT2D eigenvalue weighted by Crippen LogP contribution is 2.47. The van der Waals surface area contributed by atoms with Crippen LogP contribution in [-0.2, 0) is 37.5 Å². The molecule has 0 amide bonds. The number of esters is 2. The van der Waals surface area contributed by atoms with Gasteiger partial charge in [0.2, 0.25) is 0 Å². The van der Waals surface area contributed by atoms with Crippen molar-refractivity contribution in [3.8, 4) is 0 Å². The summed E-state index contributed by atoms with van der Waals surface area (Å²) in [6, 6.07) is 0. The predicted octanol–water partition coefficient (Wildman–Crippen LogP) is 7.34. The fraction of sp³-hybridized carbons (Fsp3) is 0.711. The predicted molar refractivity (Wildman–Crippen MR) is 231 cm³/mol. The molecule has 60 heavy (non-hydrogen) atoms. The molecule has 1 saturated carbocycles. The summed E-state index contributed by atoms with van der Waals surface area (Å²) in [6.45, 7) is 3.04. The summed E-state index contributed by atoms with van der Waals surface area (Å²) in [5, 5.41) is 50.1. The fourth-order valence-electron chi connectivity index (χ4n) is 6.17. The summed E-state index contributed by atoms with van der Waals surface area (Å²) in [5.41, 5.74) is 0. The Kier molecular flexibility index (Phi) is 32.0. The van der Waals surface area contributed by atoms with Crippen LogP contribution < -0.4 is 0 Å². The van der Waals surface area contributed by atoms with Crippen molar-refractivity contribution in [1.82, 2.24) is 0 Å². The van der Waals surface area contributed by atoms with Gasteiger partial charge in [0, 0.05) is 19.3 Å². The number of phosphoric ester groups is 1. The van der Waals surface area contributed by atoms with Crippen LogP contribution in [0.1, 0.15) is 149 Å². The second-order valence-electron chi connectivity index (χ2n) is 15.2. The highest BCUT2D eigenvalue weighted by atomic mass is 31.2. The van der Waals surface area contributed by atoms with E-state index in [2.05, 4.69) is 26.0 Å². The van der Waals surface area contributed by atoms with E-state index < -0.39 is 75.7 Å². The van der Waals surface area contributed by atoms with Gasteiger partial charge >= 0.3 is 19.8 Å². The fourth-order valence-corrected chi connectivity index (χ4v) is 7.14. The van der Waals surface area contributed by atoms with Crippen molar-refractivity contribution in [2.45, 2.75) is 191 Å². The maximum atomic E-state index is 12.8. The zero-order valence-corrected chi connectivity index (χ0v) is 36.9. The van der Waals surface area contributed by atoms with Gasteiger partial charge in [-0.15, -0.1) is 0 Å². The van der Waals surface area contributed by atoms with Crippen LogP contribution in [0, 0.1) is 0 Å². The molecule has 0 spiro atoms. The quantitative estimate of drug-likeness (QED) is 0.00915. The monoisotopic (exact) mass is 870 g/mol. The van der Waals surface area contributed by atoms with E-state index >= 15 is 0 Å². The first kappa shape index (κ1) is 55.2. The van der Waals surface area contributed by atoms with Gasteiger partial charge in [0.1, 0.15) is 43.2 Å². The van der Waals surface area contributed by atoms with Gasteiger partial charge in [0.05, 0.1) is 6.61 Å². The smallest absolute Gasteiger partial charge is 0.462 e. The molecular weight excluding hydrogens is 795 g/mol. The van der Waals surface area contributed by atoms with E-state index in [1.807, 2.05) is 36.5 Å². The van der Waals surface area contributed by atoms with Crippen molar-refractivity contribution in [1.29, 1.82) is 0 Å². The first-order chi connectivity index (χ1) is 28.8. The zero-order valence-electron chi connectivity index (χ0n) is 36.0. The molecule has 1 aliphatic carbocycles. The number of carbonyl (C=O) groups excluding carboxylic acids is 3. The molecule has 0 saturated heterocycles. The molecule has 1 aliphatic rings. The number of hydrogen-bond acceptors (Lipinski definition) is 13. The molecular formula is C45H75O14P. The lowest BCUT2D eigenvalue weighted by molar-refractivity contribution is -0.220. The maximum Gasteiger partial charge on any atom is 0.472 e. The topological polar surface area (TPSA) is 227 Å². The van der Waals surface area contributed by atoms with Gasteiger partial charge in [-0.3, -0.25) is 23.4 Å². The Morgan fingerprint density at radius 1 is 0.567 bits per heavy atom. The SMILES string of the molecule is CCCCCC/C=C\CCCCCCCC(=O)O[C@H](COC(=O)CCC/C=C\C/C=C\C/C=C\C=C\C(=O)CCCCC)COP(=O)(O)OC1[C@H](O)[C@H](O)C(O)[C@H](O)[C@H]1O. The number of unbranched alkanes of at least 4 members (excludes halogenated alkanes) is 12. The molecule has 14 nitrogen and oxygen atoms in total. The summed E-state index contributed by atoms with van der Waals surface area (Å²) in [7, 11) is -5.14. The number of aliphatic hydroxyl groups is 5. The third kappa shape index (κ3) is 27.2. The van der Waals surface area contributed by atoms with E-state index in [0.29, 0.717) is 32.1 Å². The molecule has 0 aromatic carbocycles. The summed E-state index contributed by atoms with van der Waals surface area (Å²) < 4.78 is 33.4. The first-order valence-electron chi connectivity index (χ1n) is 22.0. The number of ketones is 1. The van der Waals surface area contributed by atoms with E-state index in [-0.39, 0.29) is 18.6 Å². The van der Waals surface area contributed by atoms with Gasteiger partial charge in [-0.1, -0.05) is 120 Å².